The SMILES string of the molecule is CC(N)Cc1c(Oc2cccc(I)c2)nc2sccn12. The number of nitrogens with zero attached hydrogens (tertiary/aromatic N) is 2. The van der Waals surface area contributed by atoms with E-state index in [0.29, 0.717) is 5.88 Å². The molecule has 3 rings (SSSR count). The van der Waals surface area contributed by atoms with Gasteiger partial charge in [0.1, 0.15) is 5.75 Å². The summed E-state index contributed by atoms with van der Waals surface area (Å²) < 4.78 is 9.14. The van der Waals surface area contributed by atoms with Crippen LogP contribution in [0.1, 0.15) is 12.6 Å². The molecule has 0 aliphatic carbocycles. The highest BCUT2D eigenvalue weighted by Crippen LogP contribution is 2.29. The highest BCUT2D eigenvalue weighted by Gasteiger charge is 2.16. The topological polar surface area (TPSA) is 52.5 Å². The van der Waals surface area contributed by atoms with Gasteiger partial charge in [0.25, 0.3) is 0 Å². The molecule has 2 N–H and O–H groups in total. The van der Waals surface area contributed by atoms with Gasteiger partial charge >= 0.3 is 0 Å². The number of hydrogen-bond donors (Lipinski definition) is 1. The van der Waals surface area contributed by atoms with Gasteiger partial charge in [-0.2, -0.15) is 4.98 Å². The molecule has 104 valence electrons. The zero-order valence-corrected chi connectivity index (χ0v) is 13.9. The van der Waals surface area contributed by atoms with Crippen molar-refractivity contribution < 1.29 is 4.74 Å². The molecule has 6 heteroatoms. The molecular formula is C14H14IN3OS. The molecule has 20 heavy (non-hydrogen) atoms. The Morgan fingerprint density at radius 1 is 1.50 bits per heavy atom. The number of hydrogen-bond acceptors (Lipinski definition) is 4. The van der Waals surface area contributed by atoms with Gasteiger partial charge in [0, 0.05) is 27.6 Å². The van der Waals surface area contributed by atoms with Crippen LogP contribution in [-0.4, -0.2) is 15.4 Å². The largest absolute Gasteiger partial charge is 0.437 e. The summed E-state index contributed by atoms with van der Waals surface area (Å²) >= 11 is 3.86. The van der Waals surface area contributed by atoms with E-state index in [1.807, 2.05) is 42.8 Å². The molecular weight excluding hydrogens is 385 g/mol. The van der Waals surface area contributed by atoms with Gasteiger partial charge in [-0.05, 0) is 47.7 Å². The number of aromatic nitrogens is 2. The smallest absolute Gasteiger partial charge is 0.242 e. The fourth-order valence-electron chi connectivity index (χ4n) is 2.03. The Bertz CT molecular complexity index is 735. The highest BCUT2D eigenvalue weighted by atomic mass is 127. The van der Waals surface area contributed by atoms with Crippen LogP contribution in [0.4, 0.5) is 0 Å². The van der Waals surface area contributed by atoms with Gasteiger partial charge in [0.15, 0.2) is 4.96 Å². The Balaban J connectivity index is 1.99. The van der Waals surface area contributed by atoms with Gasteiger partial charge in [0.05, 0.1) is 5.69 Å². The molecule has 0 saturated heterocycles. The molecule has 0 spiro atoms. The van der Waals surface area contributed by atoms with E-state index in [9.17, 15) is 0 Å². The maximum Gasteiger partial charge on any atom is 0.242 e. The van der Waals surface area contributed by atoms with Gasteiger partial charge in [-0.15, -0.1) is 11.3 Å². The lowest BCUT2D eigenvalue weighted by molar-refractivity contribution is 0.456. The zero-order chi connectivity index (χ0) is 14.1. The minimum Gasteiger partial charge on any atom is -0.437 e. The van der Waals surface area contributed by atoms with Gasteiger partial charge in [-0.1, -0.05) is 6.07 Å². The average Bonchev–Trinajstić information content (AvgIpc) is 2.93. The Morgan fingerprint density at radius 3 is 3.10 bits per heavy atom. The minimum absolute atomic E-state index is 0.0630. The first-order valence-corrected chi connectivity index (χ1v) is 8.23. The second-order valence-electron chi connectivity index (χ2n) is 4.66. The van der Waals surface area contributed by atoms with Crippen molar-refractivity contribution in [1.82, 2.24) is 9.38 Å². The molecule has 1 atom stereocenters. The summed E-state index contributed by atoms with van der Waals surface area (Å²) in [5.41, 5.74) is 6.96. The molecule has 0 aliphatic heterocycles. The van der Waals surface area contributed by atoms with Crippen LogP contribution in [0.2, 0.25) is 0 Å². The maximum absolute atomic E-state index is 5.95. The van der Waals surface area contributed by atoms with Gasteiger partial charge < -0.3 is 10.5 Å². The Labute approximate surface area is 134 Å². The van der Waals surface area contributed by atoms with Crippen LogP contribution in [0, 0.1) is 3.57 Å². The number of imidazole rings is 1. The quantitative estimate of drug-likeness (QED) is 0.681. The normalized spacial score (nSPS) is 12.8. The lowest BCUT2D eigenvalue weighted by Crippen LogP contribution is -2.19. The summed E-state index contributed by atoms with van der Waals surface area (Å²) in [5, 5.41) is 2.02. The van der Waals surface area contributed by atoms with Crippen LogP contribution < -0.4 is 10.5 Å². The van der Waals surface area contributed by atoms with Crippen molar-refractivity contribution in [2.75, 3.05) is 0 Å². The van der Waals surface area contributed by atoms with E-state index in [0.717, 1.165) is 26.4 Å². The van der Waals surface area contributed by atoms with Crippen molar-refractivity contribution in [3.63, 3.8) is 0 Å². The van der Waals surface area contributed by atoms with Gasteiger partial charge in [-0.25, -0.2) is 0 Å². The number of thiazole rings is 1. The number of benzene rings is 1. The highest BCUT2D eigenvalue weighted by molar-refractivity contribution is 14.1. The molecule has 0 bridgehead atoms. The molecule has 1 aromatic carbocycles. The van der Waals surface area contributed by atoms with Crippen molar-refractivity contribution in [2.45, 2.75) is 19.4 Å². The van der Waals surface area contributed by atoms with E-state index in [4.69, 9.17) is 10.5 Å². The third-order valence-electron chi connectivity index (χ3n) is 2.85. The van der Waals surface area contributed by atoms with Crippen molar-refractivity contribution >= 4 is 38.9 Å². The van der Waals surface area contributed by atoms with E-state index in [2.05, 4.69) is 32.0 Å². The lowest BCUT2D eigenvalue weighted by Gasteiger charge is -2.08. The predicted molar refractivity (Wildman–Crippen MR) is 89.7 cm³/mol. The Hall–Kier alpha value is -1.12. The molecule has 1 unspecified atom stereocenters. The summed E-state index contributed by atoms with van der Waals surface area (Å²) in [6, 6.07) is 7.99. The van der Waals surface area contributed by atoms with E-state index < -0.39 is 0 Å². The van der Waals surface area contributed by atoms with Crippen LogP contribution in [0.25, 0.3) is 4.96 Å². The minimum atomic E-state index is 0.0630. The van der Waals surface area contributed by atoms with Crippen LogP contribution >= 0.6 is 33.9 Å². The fourth-order valence-corrected chi connectivity index (χ4v) is 3.27. The van der Waals surface area contributed by atoms with E-state index in [1.54, 1.807) is 11.3 Å². The average molecular weight is 399 g/mol. The molecule has 0 amide bonds. The summed E-state index contributed by atoms with van der Waals surface area (Å²) in [5.74, 6) is 1.45. The predicted octanol–water partition coefficient (Wildman–Crippen LogP) is 3.68. The number of rotatable bonds is 4. The van der Waals surface area contributed by atoms with Crippen molar-refractivity contribution in [3.05, 3.63) is 45.1 Å². The molecule has 2 aromatic heterocycles. The number of nitrogens with two attached hydrogens (primary N) is 1. The first-order chi connectivity index (χ1) is 9.63. The van der Waals surface area contributed by atoms with Gasteiger partial charge in [0.2, 0.25) is 5.88 Å². The monoisotopic (exact) mass is 399 g/mol. The first-order valence-electron chi connectivity index (χ1n) is 6.27. The van der Waals surface area contributed by atoms with E-state index in [-0.39, 0.29) is 6.04 Å². The Morgan fingerprint density at radius 2 is 2.35 bits per heavy atom. The standard InChI is InChI=1S/C14H14IN3OS/c1-9(16)7-12-13(17-14-18(12)5-6-20-14)19-11-4-2-3-10(15)8-11/h2-6,8-9H,7,16H2,1H3. The van der Waals surface area contributed by atoms with Crippen LogP contribution in [-0.2, 0) is 6.42 Å². The summed E-state index contributed by atoms with van der Waals surface area (Å²) in [6.45, 7) is 1.99. The number of halogens is 1. The summed E-state index contributed by atoms with van der Waals surface area (Å²) in [7, 11) is 0. The third-order valence-corrected chi connectivity index (χ3v) is 4.28. The second-order valence-corrected chi connectivity index (χ2v) is 6.78. The van der Waals surface area contributed by atoms with E-state index in [1.165, 1.54) is 0 Å². The molecule has 2 heterocycles. The van der Waals surface area contributed by atoms with Crippen LogP contribution in [0.3, 0.4) is 0 Å². The van der Waals surface area contributed by atoms with Crippen molar-refractivity contribution in [3.8, 4) is 11.6 Å². The molecule has 0 fully saturated rings. The summed E-state index contributed by atoms with van der Waals surface area (Å²) in [4.78, 5) is 5.48. The molecule has 0 radical (unpaired) electrons. The fraction of sp³-hybridized carbons (Fsp3) is 0.214. The Kier molecular flexibility index (Phi) is 3.95. The molecule has 4 nitrogen and oxygen atoms in total. The second kappa shape index (κ2) is 5.71. The first kappa shape index (κ1) is 13.8. The molecule has 0 saturated carbocycles. The number of ether oxygens (including phenoxy) is 1. The lowest BCUT2D eigenvalue weighted by atomic mass is 10.2. The van der Waals surface area contributed by atoms with Crippen molar-refractivity contribution in [2.24, 2.45) is 5.73 Å². The van der Waals surface area contributed by atoms with E-state index >= 15 is 0 Å². The molecule has 3 aromatic rings. The zero-order valence-electron chi connectivity index (χ0n) is 10.9. The number of fused-ring (bicyclic) bond motifs is 1. The van der Waals surface area contributed by atoms with Gasteiger partial charge in [-0.3, -0.25) is 4.40 Å². The van der Waals surface area contributed by atoms with Crippen molar-refractivity contribution in [1.29, 1.82) is 0 Å². The third kappa shape index (κ3) is 2.82. The maximum atomic E-state index is 5.95. The van der Waals surface area contributed by atoms with Crippen LogP contribution in [0.5, 0.6) is 11.6 Å². The summed E-state index contributed by atoms with van der Waals surface area (Å²) in [6.07, 6.45) is 2.74. The van der Waals surface area contributed by atoms with Crippen LogP contribution in [0.15, 0.2) is 35.8 Å². The molecule has 0 aliphatic rings.